The second-order valence-electron chi connectivity index (χ2n) is 11.0. The average molecular weight is 566 g/mol. The average Bonchev–Trinajstić information content (AvgIpc) is 3.37. The maximum atomic E-state index is 14.6. The Morgan fingerprint density at radius 2 is 1.85 bits per heavy atom. The van der Waals surface area contributed by atoms with E-state index in [1.165, 1.54) is 25.0 Å². The SMILES string of the molecule is CC=O.COc1cc2c3c([nH]c2cc1F)[C@@H](c1cccc(O)c1)N1C(=O)N(CCN2CCN(C)CC2)C(=O)[C@]1(C)C3. The van der Waals surface area contributed by atoms with Gasteiger partial charge in [0.25, 0.3) is 5.91 Å². The normalized spacial score (nSPS) is 22.8. The lowest BCUT2D eigenvalue weighted by Crippen LogP contribution is -2.53. The number of phenolic OH excluding ortho intramolecular Hbond substituents is 1. The summed E-state index contributed by atoms with van der Waals surface area (Å²) in [7, 11) is 3.51. The molecule has 11 heteroatoms. The van der Waals surface area contributed by atoms with Gasteiger partial charge in [0.05, 0.1) is 7.11 Å². The van der Waals surface area contributed by atoms with E-state index >= 15 is 0 Å². The van der Waals surface area contributed by atoms with E-state index in [0.717, 1.165) is 43.4 Å². The highest BCUT2D eigenvalue weighted by atomic mass is 19.1. The van der Waals surface area contributed by atoms with E-state index in [2.05, 4.69) is 21.8 Å². The van der Waals surface area contributed by atoms with E-state index in [1.54, 1.807) is 36.1 Å². The molecule has 6 rings (SSSR count). The Hall–Kier alpha value is -3.96. The van der Waals surface area contributed by atoms with Crippen molar-refractivity contribution in [2.45, 2.75) is 31.8 Å². The summed E-state index contributed by atoms with van der Waals surface area (Å²) in [5.74, 6) is -0.564. The molecule has 3 aliphatic rings. The van der Waals surface area contributed by atoms with Gasteiger partial charge in [-0.05, 0) is 50.2 Å². The van der Waals surface area contributed by atoms with Gasteiger partial charge in [-0.2, -0.15) is 0 Å². The molecule has 3 aliphatic heterocycles. The summed E-state index contributed by atoms with van der Waals surface area (Å²) in [5, 5.41) is 11.0. The van der Waals surface area contributed by atoms with Gasteiger partial charge in [-0.3, -0.25) is 19.5 Å². The number of aromatic amines is 1. The number of nitrogens with zero attached hydrogens (tertiary/aromatic N) is 4. The predicted octanol–water partition coefficient (Wildman–Crippen LogP) is 3.14. The highest BCUT2D eigenvalue weighted by molar-refractivity contribution is 6.08. The molecule has 1 aromatic heterocycles. The lowest BCUT2D eigenvalue weighted by molar-refractivity contribution is -0.133. The number of aldehydes is 1. The van der Waals surface area contributed by atoms with Gasteiger partial charge in [0.2, 0.25) is 0 Å². The first kappa shape index (κ1) is 28.6. The monoisotopic (exact) mass is 565 g/mol. The molecule has 0 bridgehead atoms. The third kappa shape index (κ3) is 4.93. The van der Waals surface area contributed by atoms with Gasteiger partial charge in [-0.15, -0.1) is 0 Å². The first-order valence-electron chi connectivity index (χ1n) is 13.8. The Morgan fingerprint density at radius 1 is 1.15 bits per heavy atom. The number of nitrogens with one attached hydrogen (secondary N) is 1. The third-order valence-corrected chi connectivity index (χ3v) is 8.36. The zero-order valence-electron chi connectivity index (χ0n) is 23.8. The van der Waals surface area contributed by atoms with E-state index in [-0.39, 0.29) is 29.9 Å². The fourth-order valence-electron chi connectivity index (χ4n) is 6.22. The second-order valence-corrected chi connectivity index (χ2v) is 11.0. The molecule has 4 heterocycles. The third-order valence-electron chi connectivity index (χ3n) is 8.36. The zero-order chi connectivity index (χ0) is 29.5. The number of aromatic nitrogens is 1. The smallest absolute Gasteiger partial charge is 0.328 e. The van der Waals surface area contributed by atoms with Gasteiger partial charge in [-0.1, -0.05) is 12.1 Å². The number of halogens is 1. The van der Waals surface area contributed by atoms with Crippen molar-refractivity contribution >= 4 is 29.1 Å². The largest absolute Gasteiger partial charge is 0.508 e. The van der Waals surface area contributed by atoms with Crippen LogP contribution in [0.5, 0.6) is 11.5 Å². The van der Waals surface area contributed by atoms with E-state index in [0.29, 0.717) is 29.9 Å². The van der Waals surface area contributed by atoms with Crippen LogP contribution in [-0.2, 0) is 16.0 Å². The van der Waals surface area contributed by atoms with Crippen LogP contribution in [0.15, 0.2) is 36.4 Å². The number of amides is 3. The Balaban J connectivity index is 0.00000108. The summed E-state index contributed by atoms with van der Waals surface area (Å²) in [5.41, 5.74) is 1.64. The number of piperazine rings is 1. The van der Waals surface area contributed by atoms with Crippen LogP contribution >= 0.6 is 0 Å². The van der Waals surface area contributed by atoms with Gasteiger partial charge in [0.1, 0.15) is 23.6 Å². The maximum Gasteiger partial charge on any atom is 0.328 e. The summed E-state index contributed by atoms with van der Waals surface area (Å²) in [4.78, 5) is 47.7. The number of phenols is 1. The summed E-state index contributed by atoms with van der Waals surface area (Å²) < 4.78 is 19.8. The Kier molecular flexibility index (Phi) is 7.76. The van der Waals surface area contributed by atoms with Crippen molar-refractivity contribution in [2.75, 3.05) is 53.4 Å². The molecule has 2 atom stereocenters. The molecule has 2 N–H and O–H groups in total. The molecule has 0 aliphatic carbocycles. The topological polar surface area (TPSA) is 109 Å². The minimum absolute atomic E-state index is 0.0602. The number of methoxy groups -OCH3 is 1. The van der Waals surface area contributed by atoms with Crippen LogP contribution in [0.4, 0.5) is 9.18 Å². The van der Waals surface area contributed by atoms with Crippen molar-refractivity contribution < 1.29 is 28.6 Å². The zero-order valence-corrected chi connectivity index (χ0v) is 23.8. The van der Waals surface area contributed by atoms with Crippen molar-refractivity contribution in [1.82, 2.24) is 24.6 Å². The number of fused-ring (bicyclic) bond motifs is 4. The maximum absolute atomic E-state index is 14.6. The molecular weight excluding hydrogens is 529 g/mol. The van der Waals surface area contributed by atoms with Crippen LogP contribution in [0.1, 0.15) is 36.7 Å². The highest BCUT2D eigenvalue weighted by Crippen LogP contribution is 2.49. The van der Waals surface area contributed by atoms with Crippen LogP contribution in [0, 0.1) is 5.82 Å². The van der Waals surface area contributed by atoms with Crippen molar-refractivity contribution in [1.29, 1.82) is 0 Å². The van der Waals surface area contributed by atoms with E-state index in [4.69, 9.17) is 9.53 Å². The minimum atomic E-state index is -1.14. The number of hydrogen-bond acceptors (Lipinski definition) is 7. The van der Waals surface area contributed by atoms with Crippen molar-refractivity contribution in [2.24, 2.45) is 0 Å². The molecule has 0 saturated carbocycles. The Labute approximate surface area is 238 Å². The summed E-state index contributed by atoms with van der Waals surface area (Å²) in [6.07, 6.45) is 1.03. The van der Waals surface area contributed by atoms with Crippen LogP contribution in [0.2, 0.25) is 0 Å². The van der Waals surface area contributed by atoms with Crippen molar-refractivity contribution in [3.8, 4) is 11.5 Å². The number of carbonyl (C=O) groups excluding carboxylic acids is 3. The Bertz CT molecular complexity index is 1480. The number of aromatic hydroxyl groups is 1. The van der Waals surface area contributed by atoms with Crippen LogP contribution in [0.3, 0.4) is 0 Å². The number of ether oxygens (including phenoxy) is 1. The molecule has 2 aromatic carbocycles. The number of benzene rings is 2. The van der Waals surface area contributed by atoms with Crippen LogP contribution < -0.4 is 4.74 Å². The van der Waals surface area contributed by atoms with Crippen molar-refractivity contribution in [3.05, 3.63) is 59.0 Å². The van der Waals surface area contributed by atoms with Crippen LogP contribution in [0.25, 0.3) is 10.9 Å². The first-order chi connectivity index (χ1) is 19.6. The van der Waals surface area contributed by atoms with Gasteiger partial charge < -0.3 is 24.5 Å². The number of rotatable bonds is 5. The lowest BCUT2D eigenvalue weighted by Gasteiger charge is -2.42. The quantitative estimate of drug-likeness (QED) is 0.361. The molecule has 2 fully saturated rings. The standard InChI is InChI=1S/C28H32FN5O4.C2H4O/c1-28-16-20-19-14-23(38-3)21(29)15-22(19)30-24(20)25(17-5-4-6-18(35)13-17)34(28)27(37)33(26(28)36)12-11-32-9-7-31(2)8-10-32;1-2-3/h4-6,13-15,25,30,35H,7-12,16H2,1-3H3;2H,1H3/t25-,28+;/m1./s1. The molecule has 2 saturated heterocycles. The molecule has 3 amide bonds. The number of urea groups is 1. The first-order valence-corrected chi connectivity index (χ1v) is 13.8. The number of likely N-dealkylation sites (N-methyl/N-ethyl adjacent to an activating group) is 1. The number of imide groups is 1. The van der Waals surface area contributed by atoms with Crippen LogP contribution in [-0.4, -0.2) is 107 Å². The molecule has 3 aromatic rings. The second kappa shape index (κ2) is 11.1. The Morgan fingerprint density at radius 3 is 2.51 bits per heavy atom. The number of hydrogen-bond donors (Lipinski definition) is 2. The number of carbonyl (C=O) groups is 3. The minimum Gasteiger partial charge on any atom is -0.508 e. The van der Waals surface area contributed by atoms with Crippen molar-refractivity contribution in [3.63, 3.8) is 0 Å². The predicted molar refractivity (Wildman–Crippen MR) is 151 cm³/mol. The van der Waals surface area contributed by atoms with Gasteiger partial charge in [0, 0.05) is 68.4 Å². The molecule has 0 spiro atoms. The molecule has 10 nitrogen and oxygen atoms in total. The summed E-state index contributed by atoms with van der Waals surface area (Å²) in [6.45, 7) is 7.89. The fourth-order valence-corrected chi connectivity index (χ4v) is 6.22. The lowest BCUT2D eigenvalue weighted by atomic mass is 9.81. The highest BCUT2D eigenvalue weighted by Gasteiger charge is 2.60. The van der Waals surface area contributed by atoms with E-state index < -0.39 is 17.4 Å². The van der Waals surface area contributed by atoms with Gasteiger partial charge >= 0.3 is 6.03 Å². The molecular formula is C30H36FN5O5. The molecule has 41 heavy (non-hydrogen) atoms. The van der Waals surface area contributed by atoms with E-state index in [1.807, 2.05) is 6.07 Å². The van der Waals surface area contributed by atoms with E-state index in [9.17, 15) is 19.1 Å². The summed E-state index contributed by atoms with van der Waals surface area (Å²) in [6, 6.07) is 8.73. The number of H-pyrrole nitrogens is 1. The molecule has 218 valence electrons. The molecule has 0 unspecified atom stereocenters. The fraction of sp³-hybridized carbons (Fsp3) is 0.433. The van der Waals surface area contributed by atoms with Gasteiger partial charge in [-0.25, -0.2) is 9.18 Å². The molecule has 0 radical (unpaired) electrons. The van der Waals surface area contributed by atoms with Gasteiger partial charge in [0.15, 0.2) is 11.6 Å². The summed E-state index contributed by atoms with van der Waals surface area (Å²) >= 11 is 0.